The highest BCUT2D eigenvalue weighted by Gasteiger charge is 2.12. The Balaban J connectivity index is 1.45. The number of hydrogen-bond donors (Lipinski definition) is 1. The lowest BCUT2D eigenvalue weighted by atomic mass is 10.2. The molecule has 8 heteroatoms. The molecule has 0 bridgehead atoms. The summed E-state index contributed by atoms with van der Waals surface area (Å²) in [4.78, 5) is 36.6. The van der Waals surface area contributed by atoms with Crippen LogP contribution in [0.4, 0.5) is 0 Å². The SMILES string of the molecule is O=C(Cn1[nH]c(=O)c2ccccc2c1=O)OCc1ccn(-c2ccccc2)n1. The minimum absolute atomic E-state index is 0.0365. The number of benzene rings is 2. The summed E-state index contributed by atoms with van der Waals surface area (Å²) in [5, 5.41) is 7.28. The molecule has 4 aromatic rings. The van der Waals surface area contributed by atoms with E-state index in [9.17, 15) is 14.4 Å². The molecule has 0 unspecified atom stereocenters. The Morgan fingerprint density at radius 3 is 2.46 bits per heavy atom. The number of nitrogens with one attached hydrogen (secondary N) is 1. The Labute approximate surface area is 158 Å². The van der Waals surface area contributed by atoms with Gasteiger partial charge in [0.15, 0.2) is 0 Å². The minimum atomic E-state index is -0.651. The molecule has 2 heterocycles. The van der Waals surface area contributed by atoms with Gasteiger partial charge in [0.2, 0.25) is 0 Å². The van der Waals surface area contributed by atoms with E-state index in [1.165, 1.54) is 0 Å². The molecule has 2 aromatic carbocycles. The second-order valence-corrected chi connectivity index (χ2v) is 6.13. The quantitative estimate of drug-likeness (QED) is 0.534. The molecule has 0 saturated carbocycles. The van der Waals surface area contributed by atoms with Gasteiger partial charge >= 0.3 is 5.97 Å². The molecule has 0 amide bonds. The van der Waals surface area contributed by atoms with E-state index in [1.807, 2.05) is 30.3 Å². The zero-order valence-corrected chi connectivity index (χ0v) is 14.7. The molecule has 2 aromatic heterocycles. The first-order valence-corrected chi connectivity index (χ1v) is 8.59. The van der Waals surface area contributed by atoms with Gasteiger partial charge in [-0.3, -0.25) is 19.5 Å². The first-order chi connectivity index (χ1) is 13.6. The first kappa shape index (κ1) is 17.5. The lowest BCUT2D eigenvalue weighted by Crippen LogP contribution is -2.32. The van der Waals surface area contributed by atoms with E-state index in [1.54, 1.807) is 41.2 Å². The maximum atomic E-state index is 12.4. The molecule has 28 heavy (non-hydrogen) atoms. The predicted octanol–water partition coefficient (Wildman–Crippen LogP) is 1.62. The smallest absolute Gasteiger partial charge is 0.328 e. The summed E-state index contributed by atoms with van der Waals surface area (Å²) < 4.78 is 7.82. The predicted molar refractivity (Wildman–Crippen MR) is 102 cm³/mol. The molecule has 0 fully saturated rings. The van der Waals surface area contributed by atoms with Gasteiger partial charge in [0.1, 0.15) is 18.8 Å². The van der Waals surface area contributed by atoms with Gasteiger partial charge in [0.25, 0.3) is 11.1 Å². The van der Waals surface area contributed by atoms with E-state index in [4.69, 9.17) is 4.74 Å². The fourth-order valence-electron chi connectivity index (χ4n) is 2.85. The summed E-state index contributed by atoms with van der Waals surface area (Å²) in [6, 6.07) is 17.7. The Morgan fingerprint density at radius 1 is 0.964 bits per heavy atom. The number of esters is 1. The average Bonchev–Trinajstić information content (AvgIpc) is 3.20. The third-order valence-electron chi connectivity index (χ3n) is 4.22. The van der Waals surface area contributed by atoms with Gasteiger partial charge in [0, 0.05) is 6.20 Å². The van der Waals surface area contributed by atoms with Gasteiger partial charge in [-0.2, -0.15) is 5.10 Å². The number of H-pyrrole nitrogens is 1. The first-order valence-electron chi connectivity index (χ1n) is 8.59. The van der Waals surface area contributed by atoms with E-state index in [-0.39, 0.29) is 17.4 Å². The lowest BCUT2D eigenvalue weighted by Gasteiger charge is -2.07. The molecular formula is C20H16N4O4. The Bertz CT molecular complexity index is 1250. The van der Waals surface area contributed by atoms with Crippen LogP contribution in [0.15, 0.2) is 76.4 Å². The Kier molecular flexibility index (Phi) is 4.59. The van der Waals surface area contributed by atoms with Gasteiger partial charge in [-0.15, -0.1) is 0 Å². The fourth-order valence-corrected chi connectivity index (χ4v) is 2.85. The van der Waals surface area contributed by atoms with Crippen LogP contribution in [0.25, 0.3) is 16.5 Å². The molecule has 0 radical (unpaired) electrons. The minimum Gasteiger partial charge on any atom is -0.458 e. The number of para-hydroxylation sites is 1. The number of aromatic amines is 1. The highest BCUT2D eigenvalue weighted by molar-refractivity contribution is 5.80. The highest BCUT2D eigenvalue weighted by Crippen LogP contribution is 2.08. The van der Waals surface area contributed by atoms with Crippen LogP contribution in [0, 0.1) is 0 Å². The number of rotatable bonds is 5. The van der Waals surface area contributed by atoms with Crippen molar-refractivity contribution in [3.8, 4) is 5.69 Å². The Morgan fingerprint density at radius 2 is 1.68 bits per heavy atom. The number of fused-ring (bicyclic) bond motifs is 1. The zero-order chi connectivity index (χ0) is 19.5. The van der Waals surface area contributed by atoms with Crippen molar-refractivity contribution in [1.29, 1.82) is 0 Å². The topological polar surface area (TPSA) is 99.0 Å². The van der Waals surface area contributed by atoms with Gasteiger partial charge < -0.3 is 4.74 Å². The fraction of sp³-hybridized carbons (Fsp3) is 0.100. The molecular weight excluding hydrogens is 360 g/mol. The second-order valence-electron chi connectivity index (χ2n) is 6.13. The molecule has 0 aliphatic carbocycles. The van der Waals surface area contributed by atoms with E-state index >= 15 is 0 Å². The molecule has 0 saturated heterocycles. The van der Waals surface area contributed by atoms with Crippen molar-refractivity contribution >= 4 is 16.7 Å². The maximum absolute atomic E-state index is 12.4. The van der Waals surface area contributed by atoms with Gasteiger partial charge in [-0.25, -0.2) is 9.36 Å². The molecule has 0 atom stereocenters. The number of hydrogen-bond acceptors (Lipinski definition) is 5. The molecule has 0 aliphatic rings. The summed E-state index contributed by atoms with van der Waals surface area (Å²) in [7, 11) is 0. The summed E-state index contributed by atoms with van der Waals surface area (Å²) >= 11 is 0. The van der Waals surface area contributed by atoms with Crippen molar-refractivity contribution in [2.75, 3.05) is 0 Å². The van der Waals surface area contributed by atoms with Crippen LogP contribution >= 0.6 is 0 Å². The zero-order valence-electron chi connectivity index (χ0n) is 14.7. The van der Waals surface area contributed by atoms with Gasteiger partial charge in [-0.1, -0.05) is 30.3 Å². The molecule has 4 rings (SSSR count). The third kappa shape index (κ3) is 3.48. The molecule has 1 N–H and O–H groups in total. The lowest BCUT2D eigenvalue weighted by molar-refractivity contribution is -0.146. The van der Waals surface area contributed by atoms with Crippen molar-refractivity contribution in [2.24, 2.45) is 0 Å². The van der Waals surface area contributed by atoms with Crippen LogP contribution in [-0.2, 0) is 22.7 Å². The standard InChI is InChI=1S/C20H16N4O4/c25-18(12-24-20(27)17-9-5-4-8-16(17)19(26)22-24)28-13-14-10-11-23(21-14)15-6-2-1-3-7-15/h1-11H,12-13H2,(H,22,26). The van der Waals surface area contributed by atoms with E-state index in [0.717, 1.165) is 10.4 Å². The third-order valence-corrected chi connectivity index (χ3v) is 4.22. The van der Waals surface area contributed by atoms with Crippen LogP contribution in [0.2, 0.25) is 0 Å². The van der Waals surface area contributed by atoms with Crippen LogP contribution in [-0.4, -0.2) is 25.5 Å². The number of aromatic nitrogens is 4. The number of carbonyl (C=O) groups excluding carboxylic acids is 1. The van der Waals surface area contributed by atoms with E-state index in [0.29, 0.717) is 5.69 Å². The van der Waals surface area contributed by atoms with Crippen molar-refractivity contribution in [3.05, 3.63) is 93.3 Å². The molecule has 140 valence electrons. The van der Waals surface area contributed by atoms with Gasteiger partial charge in [0.05, 0.1) is 16.5 Å². The van der Waals surface area contributed by atoms with Crippen molar-refractivity contribution in [3.63, 3.8) is 0 Å². The monoisotopic (exact) mass is 376 g/mol. The normalized spacial score (nSPS) is 10.9. The van der Waals surface area contributed by atoms with Crippen LogP contribution < -0.4 is 11.1 Å². The summed E-state index contributed by atoms with van der Waals surface area (Å²) in [6.07, 6.45) is 1.77. The summed E-state index contributed by atoms with van der Waals surface area (Å²) in [6.45, 7) is -0.427. The molecule has 8 nitrogen and oxygen atoms in total. The largest absolute Gasteiger partial charge is 0.458 e. The molecule has 0 aliphatic heterocycles. The number of nitrogens with zero attached hydrogens (tertiary/aromatic N) is 3. The van der Waals surface area contributed by atoms with Gasteiger partial charge in [-0.05, 0) is 30.3 Å². The maximum Gasteiger partial charge on any atom is 0.328 e. The average molecular weight is 376 g/mol. The van der Waals surface area contributed by atoms with Crippen LogP contribution in [0.3, 0.4) is 0 Å². The Hall–Kier alpha value is -3.94. The van der Waals surface area contributed by atoms with Crippen molar-refractivity contribution in [1.82, 2.24) is 19.6 Å². The van der Waals surface area contributed by atoms with Crippen LogP contribution in [0.1, 0.15) is 5.69 Å². The van der Waals surface area contributed by atoms with Crippen molar-refractivity contribution in [2.45, 2.75) is 13.2 Å². The number of carbonyl (C=O) groups is 1. The highest BCUT2D eigenvalue weighted by atomic mass is 16.5. The summed E-state index contributed by atoms with van der Waals surface area (Å²) in [5.74, 6) is -0.651. The van der Waals surface area contributed by atoms with Crippen LogP contribution in [0.5, 0.6) is 0 Å². The second kappa shape index (κ2) is 7.36. The number of ether oxygens (including phenoxy) is 1. The van der Waals surface area contributed by atoms with Crippen molar-refractivity contribution < 1.29 is 9.53 Å². The molecule has 0 spiro atoms. The van der Waals surface area contributed by atoms with E-state index < -0.39 is 23.6 Å². The van der Waals surface area contributed by atoms with E-state index in [2.05, 4.69) is 10.2 Å². The summed E-state index contributed by atoms with van der Waals surface area (Å²) in [5.41, 5.74) is 0.557.